The molecule has 1 aliphatic rings. The zero-order chi connectivity index (χ0) is 10.8. The van der Waals surface area contributed by atoms with Crippen molar-refractivity contribution in [3.63, 3.8) is 0 Å². The van der Waals surface area contributed by atoms with Gasteiger partial charge in [0.05, 0.1) is 0 Å². The van der Waals surface area contributed by atoms with Crippen molar-refractivity contribution in [3.05, 3.63) is 0 Å². The van der Waals surface area contributed by atoms with Gasteiger partial charge in [0.15, 0.2) is 0 Å². The van der Waals surface area contributed by atoms with E-state index in [1.165, 1.54) is 0 Å². The third-order valence-electron chi connectivity index (χ3n) is 3.67. The second-order valence-electron chi connectivity index (χ2n) is 4.23. The summed E-state index contributed by atoms with van der Waals surface area (Å²) in [6, 6.07) is 0.422. The Labute approximate surface area is 86.1 Å². The summed E-state index contributed by atoms with van der Waals surface area (Å²) in [6.07, 6.45) is 3.66. The predicted octanol–water partition coefficient (Wildman–Crippen LogP) is 2.11. The van der Waals surface area contributed by atoms with Crippen molar-refractivity contribution in [1.29, 1.82) is 0 Å². The van der Waals surface area contributed by atoms with Crippen LogP contribution < -0.4 is 0 Å². The van der Waals surface area contributed by atoms with Gasteiger partial charge < -0.3 is 5.11 Å². The van der Waals surface area contributed by atoms with Crippen LogP contribution in [0.1, 0.15) is 46.5 Å². The molecule has 1 unspecified atom stereocenters. The van der Waals surface area contributed by atoms with E-state index in [4.69, 9.17) is 0 Å². The van der Waals surface area contributed by atoms with E-state index < -0.39 is 11.5 Å². The first kappa shape index (κ1) is 11.5. The monoisotopic (exact) mass is 199 g/mol. The summed E-state index contributed by atoms with van der Waals surface area (Å²) in [5.41, 5.74) is -0.615. The number of hydrogen-bond donors (Lipinski definition) is 1. The Morgan fingerprint density at radius 1 is 1.50 bits per heavy atom. The summed E-state index contributed by atoms with van der Waals surface area (Å²) in [6.45, 7) is 7.02. The Balaban J connectivity index is 2.90. The van der Waals surface area contributed by atoms with Crippen molar-refractivity contribution in [3.8, 4) is 0 Å². The summed E-state index contributed by atoms with van der Waals surface area (Å²) >= 11 is 0. The number of carboxylic acid groups (broad SMARTS) is 1. The third kappa shape index (κ3) is 1.65. The van der Waals surface area contributed by atoms with Crippen molar-refractivity contribution in [1.82, 2.24) is 4.90 Å². The smallest absolute Gasteiger partial charge is 0.324 e. The van der Waals surface area contributed by atoms with Crippen LogP contribution in [0.4, 0.5) is 0 Å². The van der Waals surface area contributed by atoms with Gasteiger partial charge in [-0.05, 0) is 39.2 Å². The number of likely N-dealkylation sites (tertiary alicyclic amines) is 1. The molecule has 0 aromatic carbocycles. The van der Waals surface area contributed by atoms with Gasteiger partial charge in [-0.3, -0.25) is 9.69 Å². The van der Waals surface area contributed by atoms with Crippen LogP contribution in [0.2, 0.25) is 0 Å². The minimum Gasteiger partial charge on any atom is -0.480 e. The zero-order valence-corrected chi connectivity index (χ0v) is 9.42. The molecule has 1 aliphatic heterocycles. The molecule has 3 heteroatoms. The van der Waals surface area contributed by atoms with Gasteiger partial charge in [-0.1, -0.05) is 13.8 Å². The van der Waals surface area contributed by atoms with Crippen LogP contribution in [0.15, 0.2) is 0 Å². The molecule has 1 saturated heterocycles. The van der Waals surface area contributed by atoms with Crippen LogP contribution >= 0.6 is 0 Å². The van der Waals surface area contributed by atoms with E-state index >= 15 is 0 Å². The van der Waals surface area contributed by atoms with Gasteiger partial charge in [-0.2, -0.15) is 0 Å². The lowest BCUT2D eigenvalue weighted by molar-refractivity contribution is -0.153. The van der Waals surface area contributed by atoms with Gasteiger partial charge in [0.2, 0.25) is 0 Å². The molecule has 0 radical (unpaired) electrons. The highest BCUT2D eigenvalue weighted by atomic mass is 16.4. The lowest BCUT2D eigenvalue weighted by Gasteiger charge is -2.39. The van der Waals surface area contributed by atoms with Crippen LogP contribution in [0.25, 0.3) is 0 Å². The number of aliphatic carboxylic acids is 1. The summed E-state index contributed by atoms with van der Waals surface area (Å²) in [5, 5.41) is 9.36. The zero-order valence-electron chi connectivity index (χ0n) is 9.42. The van der Waals surface area contributed by atoms with E-state index in [0.29, 0.717) is 18.9 Å². The number of carbonyl (C=O) groups is 1. The van der Waals surface area contributed by atoms with Crippen molar-refractivity contribution in [2.45, 2.75) is 58.0 Å². The average molecular weight is 199 g/mol. The first-order valence-electron chi connectivity index (χ1n) is 5.58. The van der Waals surface area contributed by atoms with Gasteiger partial charge in [0.25, 0.3) is 0 Å². The fourth-order valence-corrected chi connectivity index (χ4v) is 2.65. The SMILES string of the molecule is CCC(CC)(C(=O)O)N1CCCC1C. The third-order valence-corrected chi connectivity index (χ3v) is 3.67. The van der Waals surface area contributed by atoms with Gasteiger partial charge in [0.1, 0.15) is 5.54 Å². The normalized spacial score (nSPS) is 24.1. The molecule has 0 aromatic rings. The molecule has 0 aromatic heterocycles. The van der Waals surface area contributed by atoms with E-state index in [1.807, 2.05) is 13.8 Å². The Kier molecular flexibility index (Phi) is 3.53. The van der Waals surface area contributed by atoms with E-state index in [1.54, 1.807) is 0 Å². The first-order chi connectivity index (χ1) is 6.58. The van der Waals surface area contributed by atoms with Gasteiger partial charge >= 0.3 is 5.97 Å². The van der Waals surface area contributed by atoms with Crippen molar-refractivity contribution in [2.24, 2.45) is 0 Å². The van der Waals surface area contributed by atoms with Gasteiger partial charge in [0, 0.05) is 6.04 Å². The predicted molar refractivity (Wildman–Crippen MR) is 56.4 cm³/mol. The molecule has 0 spiro atoms. The molecular weight excluding hydrogens is 178 g/mol. The summed E-state index contributed by atoms with van der Waals surface area (Å²) in [5.74, 6) is -0.656. The molecule has 0 aliphatic carbocycles. The molecule has 1 rings (SSSR count). The maximum Gasteiger partial charge on any atom is 0.324 e. The highest BCUT2D eigenvalue weighted by Crippen LogP contribution is 2.32. The lowest BCUT2D eigenvalue weighted by Crippen LogP contribution is -2.55. The van der Waals surface area contributed by atoms with Crippen molar-refractivity contribution in [2.75, 3.05) is 6.54 Å². The largest absolute Gasteiger partial charge is 0.480 e. The maximum absolute atomic E-state index is 11.4. The highest BCUT2D eigenvalue weighted by molar-refractivity contribution is 5.78. The summed E-state index contributed by atoms with van der Waals surface area (Å²) < 4.78 is 0. The Hall–Kier alpha value is -0.570. The standard InChI is InChI=1S/C11H21NO2/c1-4-11(5-2,10(13)14)12-8-6-7-9(12)3/h9H,4-8H2,1-3H3,(H,13,14). The number of nitrogens with zero attached hydrogens (tertiary/aromatic N) is 1. The van der Waals surface area contributed by atoms with Gasteiger partial charge in [-0.15, -0.1) is 0 Å². The number of hydrogen-bond acceptors (Lipinski definition) is 2. The Morgan fingerprint density at radius 3 is 2.36 bits per heavy atom. The minimum absolute atomic E-state index is 0.422. The average Bonchev–Trinajstić information content (AvgIpc) is 2.55. The van der Waals surface area contributed by atoms with E-state index in [-0.39, 0.29) is 0 Å². The van der Waals surface area contributed by atoms with E-state index in [9.17, 15) is 9.90 Å². The second-order valence-corrected chi connectivity index (χ2v) is 4.23. The molecule has 0 saturated carbocycles. The quantitative estimate of drug-likeness (QED) is 0.754. The van der Waals surface area contributed by atoms with Crippen LogP contribution in [-0.4, -0.2) is 34.1 Å². The van der Waals surface area contributed by atoms with Crippen molar-refractivity contribution < 1.29 is 9.90 Å². The number of carboxylic acids is 1. The summed E-state index contributed by atoms with van der Waals surface area (Å²) in [7, 11) is 0. The molecule has 1 fully saturated rings. The van der Waals surface area contributed by atoms with Crippen LogP contribution in [-0.2, 0) is 4.79 Å². The molecule has 1 heterocycles. The molecule has 0 amide bonds. The fraction of sp³-hybridized carbons (Fsp3) is 0.909. The molecule has 1 N–H and O–H groups in total. The molecule has 0 bridgehead atoms. The highest BCUT2D eigenvalue weighted by Gasteiger charge is 2.44. The van der Waals surface area contributed by atoms with Crippen molar-refractivity contribution >= 4 is 5.97 Å². The first-order valence-corrected chi connectivity index (χ1v) is 5.58. The molecule has 14 heavy (non-hydrogen) atoms. The van der Waals surface area contributed by atoms with Gasteiger partial charge in [-0.25, -0.2) is 0 Å². The molecule has 1 atom stereocenters. The molecular formula is C11H21NO2. The maximum atomic E-state index is 11.4. The van der Waals surface area contributed by atoms with Crippen LogP contribution in [0.5, 0.6) is 0 Å². The Morgan fingerprint density at radius 2 is 2.07 bits per heavy atom. The Bertz CT molecular complexity index is 211. The summed E-state index contributed by atoms with van der Waals surface area (Å²) in [4.78, 5) is 13.6. The molecule has 3 nitrogen and oxygen atoms in total. The lowest BCUT2D eigenvalue weighted by atomic mass is 9.90. The fourth-order valence-electron chi connectivity index (χ4n) is 2.65. The van der Waals surface area contributed by atoms with E-state index in [2.05, 4.69) is 11.8 Å². The van der Waals surface area contributed by atoms with Crippen LogP contribution in [0, 0.1) is 0 Å². The van der Waals surface area contributed by atoms with Crippen LogP contribution in [0.3, 0.4) is 0 Å². The minimum atomic E-state index is -0.656. The second kappa shape index (κ2) is 4.30. The van der Waals surface area contributed by atoms with E-state index in [0.717, 1.165) is 19.4 Å². The number of rotatable bonds is 4. The topological polar surface area (TPSA) is 40.5 Å². The molecule has 82 valence electrons.